The van der Waals surface area contributed by atoms with Gasteiger partial charge in [0.25, 0.3) is 0 Å². The Balaban J connectivity index is 2.25. The van der Waals surface area contributed by atoms with Gasteiger partial charge in [0.05, 0.1) is 6.61 Å². The van der Waals surface area contributed by atoms with Crippen LogP contribution in [-0.2, 0) is 9.30 Å². The van der Waals surface area contributed by atoms with E-state index >= 15 is 0 Å². The minimum absolute atomic E-state index is 0.151. The second-order valence-corrected chi connectivity index (χ2v) is 4.81. The standard InChI is InChI=1S/C7H15N4O4P/c8-6-1-2-11(7(9)10-6)3-4-15-5-16(12,13)14/h1-2,7H,3-5,9H2,(H2,8,10)(H2,12,13,14). The van der Waals surface area contributed by atoms with E-state index in [1.165, 1.54) is 0 Å². The largest absolute Gasteiger partial charge is 0.384 e. The van der Waals surface area contributed by atoms with Crippen molar-refractivity contribution in [3.63, 3.8) is 0 Å². The van der Waals surface area contributed by atoms with Gasteiger partial charge in [0, 0.05) is 12.7 Å². The van der Waals surface area contributed by atoms with Gasteiger partial charge >= 0.3 is 7.60 Å². The zero-order valence-corrected chi connectivity index (χ0v) is 9.46. The van der Waals surface area contributed by atoms with Crippen molar-refractivity contribution in [3.05, 3.63) is 12.3 Å². The predicted molar refractivity (Wildman–Crippen MR) is 58.3 cm³/mol. The molecular weight excluding hydrogens is 235 g/mol. The molecule has 0 amide bonds. The maximum absolute atomic E-state index is 10.5. The molecule has 1 aliphatic heterocycles. The van der Waals surface area contributed by atoms with Gasteiger partial charge in [-0.25, -0.2) is 4.99 Å². The van der Waals surface area contributed by atoms with Gasteiger partial charge < -0.3 is 25.2 Å². The lowest BCUT2D eigenvalue weighted by molar-refractivity contribution is 0.126. The number of nitrogens with two attached hydrogens (primary N) is 2. The third kappa shape index (κ3) is 4.73. The molecule has 0 aromatic heterocycles. The molecule has 9 heteroatoms. The van der Waals surface area contributed by atoms with Gasteiger partial charge in [0.2, 0.25) is 0 Å². The van der Waals surface area contributed by atoms with E-state index in [2.05, 4.69) is 4.99 Å². The lowest BCUT2D eigenvalue weighted by Gasteiger charge is -2.27. The van der Waals surface area contributed by atoms with Crippen LogP contribution in [0.15, 0.2) is 17.3 Å². The number of hydrogen-bond donors (Lipinski definition) is 4. The molecule has 1 aliphatic rings. The molecule has 0 fully saturated rings. The van der Waals surface area contributed by atoms with Crippen molar-refractivity contribution >= 4 is 13.4 Å². The highest BCUT2D eigenvalue weighted by Gasteiger charge is 2.15. The average molecular weight is 250 g/mol. The molecule has 1 atom stereocenters. The van der Waals surface area contributed by atoms with Crippen LogP contribution in [0.3, 0.4) is 0 Å². The number of rotatable bonds is 5. The van der Waals surface area contributed by atoms with Gasteiger partial charge in [-0.2, -0.15) is 0 Å². The van der Waals surface area contributed by atoms with E-state index in [0.717, 1.165) is 0 Å². The third-order valence-electron chi connectivity index (χ3n) is 1.81. The number of ether oxygens (including phenoxy) is 1. The molecule has 1 heterocycles. The van der Waals surface area contributed by atoms with E-state index < -0.39 is 20.2 Å². The fourth-order valence-electron chi connectivity index (χ4n) is 1.09. The first kappa shape index (κ1) is 13.1. The quantitative estimate of drug-likeness (QED) is 0.347. The Bertz CT molecular complexity index is 339. The van der Waals surface area contributed by atoms with Crippen molar-refractivity contribution < 1.29 is 19.1 Å². The molecule has 0 spiro atoms. The van der Waals surface area contributed by atoms with Crippen LogP contribution in [0.25, 0.3) is 0 Å². The Kier molecular flexibility index (Phi) is 4.45. The van der Waals surface area contributed by atoms with Gasteiger partial charge in [0.1, 0.15) is 12.2 Å². The van der Waals surface area contributed by atoms with Gasteiger partial charge in [-0.1, -0.05) is 0 Å². The number of amidine groups is 1. The van der Waals surface area contributed by atoms with Crippen molar-refractivity contribution in [2.45, 2.75) is 6.29 Å². The Morgan fingerprint density at radius 1 is 1.62 bits per heavy atom. The molecule has 6 N–H and O–H groups in total. The highest BCUT2D eigenvalue weighted by atomic mass is 31.2. The molecule has 1 rings (SSSR count). The van der Waals surface area contributed by atoms with E-state index in [1.54, 1.807) is 17.2 Å². The molecule has 0 aliphatic carbocycles. The topological polar surface area (TPSA) is 134 Å². The summed E-state index contributed by atoms with van der Waals surface area (Å²) in [6.45, 7) is 0.535. The molecule has 8 nitrogen and oxygen atoms in total. The summed E-state index contributed by atoms with van der Waals surface area (Å²) in [6.07, 6.45) is 2.08. The maximum atomic E-state index is 10.5. The van der Waals surface area contributed by atoms with Crippen molar-refractivity contribution in [3.8, 4) is 0 Å². The number of aliphatic imine (C=N–C) groups is 1. The normalized spacial score (nSPS) is 21.1. The summed E-state index contributed by atoms with van der Waals surface area (Å²) in [5, 5.41) is 0. The second kappa shape index (κ2) is 5.42. The lowest BCUT2D eigenvalue weighted by Crippen LogP contribution is -2.42. The molecule has 0 saturated heterocycles. The number of hydrogen-bond acceptors (Lipinski definition) is 6. The van der Waals surface area contributed by atoms with Crippen molar-refractivity contribution in [2.75, 3.05) is 19.5 Å². The van der Waals surface area contributed by atoms with Gasteiger partial charge in [-0.3, -0.25) is 10.3 Å². The zero-order chi connectivity index (χ0) is 12.2. The van der Waals surface area contributed by atoms with Crippen LogP contribution in [-0.4, -0.2) is 46.3 Å². The van der Waals surface area contributed by atoms with Crippen LogP contribution in [0.4, 0.5) is 0 Å². The summed E-state index contributed by atoms with van der Waals surface area (Å²) in [5.41, 5.74) is 11.1. The Morgan fingerprint density at radius 2 is 2.31 bits per heavy atom. The smallest absolute Gasteiger partial charge is 0.350 e. The fraction of sp³-hybridized carbons (Fsp3) is 0.571. The molecule has 92 valence electrons. The summed E-state index contributed by atoms with van der Waals surface area (Å²) in [7, 11) is -4.10. The first-order valence-corrected chi connectivity index (χ1v) is 6.33. The molecule has 0 bridgehead atoms. The molecule has 0 aromatic rings. The molecule has 16 heavy (non-hydrogen) atoms. The SMILES string of the molecule is NC1=NC(N)N(CCOCP(=O)(O)O)C=C1. The fourth-order valence-corrected chi connectivity index (χ4v) is 1.46. The average Bonchev–Trinajstić information content (AvgIpc) is 2.13. The third-order valence-corrected chi connectivity index (χ3v) is 2.33. The highest BCUT2D eigenvalue weighted by molar-refractivity contribution is 7.51. The van der Waals surface area contributed by atoms with Crippen LogP contribution >= 0.6 is 7.60 Å². The first-order valence-electron chi connectivity index (χ1n) is 4.53. The Hall–Kier alpha value is -0.920. The molecule has 0 saturated carbocycles. The van der Waals surface area contributed by atoms with Crippen LogP contribution in [0.5, 0.6) is 0 Å². The molecule has 1 unspecified atom stereocenters. The minimum atomic E-state index is -4.10. The summed E-state index contributed by atoms with van der Waals surface area (Å²) < 4.78 is 15.3. The van der Waals surface area contributed by atoms with E-state index in [1.807, 2.05) is 0 Å². The Labute approximate surface area is 92.7 Å². The minimum Gasteiger partial charge on any atom is -0.384 e. The number of nitrogens with zero attached hydrogens (tertiary/aromatic N) is 2. The van der Waals surface area contributed by atoms with E-state index in [9.17, 15) is 4.57 Å². The first-order chi connectivity index (χ1) is 7.38. The van der Waals surface area contributed by atoms with Gasteiger partial charge in [0.15, 0.2) is 6.29 Å². The summed E-state index contributed by atoms with van der Waals surface area (Å²) in [6, 6.07) is 0. The predicted octanol–water partition coefficient (Wildman–Crippen LogP) is -1.43. The highest BCUT2D eigenvalue weighted by Crippen LogP contribution is 2.33. The monoisotopic (exact) mass is 250 g/mol. The maximum Gasteiger partial charge on any atom is 0.350 e. The van der Waals surface area contributed by atoms with Gasteiger partial charge in [-0.15, -0.1) is 0 Å². The van der Waals surface area contributed by atoms with Crippen molar-refractivity contribution in [1.82, 2.24) is 4.90 Å². The molecular formula is C7H15N4O4P. The van der Waals surface area contributed by atoms with E-state index in [4.69, 9.17) is 26.0 Å². The van der Waals surface area contributed by atoms with Crippen LogP contribution < -0.4 is 11.5 Å². The zero-order valence-electron chi connectivity index (χ0n) is 8.56. The molecule has 0 aromatic carbocycles. The van der Waals surface area contributed by atoms with Crippen molar-refractivity contribution in [2.24, 2.45) is 16.5 Å². The summed E-state index contributed by atoms with van der Waals surface area (Å²) >= 11 is 0. The summed E-state index contributed by atoms with van der Waals surface area (Å²) in [4.78, 5) is 22.6. The second-order valence-electron chi connectivity index (χ2n) is 3.22. The van der Waals surface area contributed by atoms with Crippen molar-refractivity contribution in [1.29, 1.82) is 0 Å². The van der Waals surface area contributed by atoms with Crippen LogP contribution in [0, 0.1) is 0 Å². The molecule has 0 radical (unpaired) electrons. The summed E-state index contributed by atoms with van der Waals surface area (Å²) in [5.74, 6) is 0.347. The van der Waals surface area contributed by atoms with Crippen LogP contribution in [0.1, 0.15) is 0 Å². The van der Waals surface area contributed by atoms with E-state index in [0.29, 0.717) is 12.4 Å². The van der Waals surface area contributed by atoms with E-state index in [-0.39, 0.29) is 6.61 Å². The Morgan fingerprint density at radius 3 is 2.88 bits per heavy atom. The lowest BCUT2D eigenvalue weighted by atomic mass is 10.4. The van der Waals surface area contributed by atoms with Gasteiger partial charge in [-0.05, 0) is 6.08 Å². The van der Waals surface area contributed by atoms with Crippen LogP contribution in [0.2, 0.25) is 0 Å².